The van der Waals surface area contributed by atoms with E-state index in [9.17, 15) is 14.3 Å². The number of carbonyl (C=O) groups excluding carboxylic acids is 1. The molecule has 0 spiro atoms. The lowest BCUT2D eigenvalue weighted by Gasteiger charge is -2.12. The Hall–Kier alpha value is -2.44. The van der Waals surface area contributed by atoms with Gasteiger partial charge in [0.05, 0.1) is 21.7 Å². The first-order valence-electron chi connectivity index (χ1n) is 7.34. The number of hydrogen-bond donors (Lipinski definition) is 2. The zero-order valence-electron chi connectivity index (χ0n) is 12.8. The first kappa shape index (κ1) is 16.4. The number of nitrogens with one attached hydrogen (secondary N) is 1. The van der Waals surface area contributed by atoms with Crippen molar-refractivity contribution >= 4 is 34.2 Å². The van der Waals surface area contributed by atoms with E-state index in [0.29, 0.717) is 17.0 Å². The summed E-state index contributed by atoms with van der Waals surface area (Å²) in [7, 11) is 0. The van der Waals surface area contributed by atoms with Crippen molar-refractivity contribution in [3.05, 3.63) is 59.1 Å². The van der Waals surface area contributed by atoms with Gasteiger partial charge in [-0.15, -0.1) is 0 Å². The molecule has 124 valence electrons. The highest BCUT2D eigenvalue weighted by Crippen LogP contribution is 2.24. The van der Waals surface area contributed by atoms with Gasteiger partial charge in [0.15, 0.2) is 0 Å². The molecule has 1 aromatic heterocycles. The second kappa shape index (κ2) is 6.59. The number of carbonyl (C=O) groups is 1. The van der Waals surface area contributed by atoms with Crippen LogP contribution in [0.15, 0.2) is 42.5 Å². The number of benzene rings is 2. The average Bonchev–Trinajstić information content (AvgIpc) is 2.89. The molecule has 2 aromatic carbocycles. The first-order valence-corrected chi connectivity index (χ1v) is 7.71. The minimum atomic E-state index is -0.820. The number of para-hydroxylation sites is 2. The predicted molar refractivity (Wildman–Crippen MR) is 90.4 cm³/mol. The molecule has 0 saturated carbocycles. The van der Waals surface area contributed by atoms with Crippen LogP contribution in [-0.4, -0.2) is 20.6 Å². The second-order valence-corrected chi connectivity index (χ2v) is 5.80. The number of imidazole rings is 1. The summed E-state index contributed by atoms with van der Waals surface area (Å²) < 4.78 is 14.7. The molecule has 0 radical (unpaired) electrons. The number of fused-ring (bicyclic) bond motifs is 1. The number of aromatic nitrogens is 2. The molecule has 0 aliphatic heterocycles. The van der Waals surface area contributed by atoms with E-state index >= 15 is 0 Å². The molecule has 0 unspecified atom stereocenters. The molecule has 3 rings (SSSR count). The Morgan fingerprint density at radius 2 is 2.12 bits per heavy atom. The molecule has 0 aliphatic rings. The van der Waals surface area contributed by atoms with Crippen LogP contribution in [0.1, 0.15) is 18.9 Å². The van der Waals surface area contributed by atoms with E-state index < -0.39 is 11.9 Å². The third kappa shape index (κ3) is 3.25. The Labute approximate surface area is 142 Å². The Balaban J connectivity index is 1.89. The molecule has 1 heterocycles. The molecule has 1 atom stereocenters. The van der Waals surface area contributed by atoms with Crippen LogP contribution in [0.5, 0.6) is 0 Å². The Morgan fingerprint density at radius 3 is 2.83 bits per heavy atom. The molecule has 3 aromatic rings. The normalized spacial score (nSPS) is 12.3. The van der Waals surface area contributed by atoms with Crippen LogP contribution in [0.25, 0.3) is 11.0 Å². The average molecular weight is 348 g/mol. The highest BCUT2D eigenvalue weighted by molar-refractivity contribution is 6.33. The van der Waals surface area contributed by atoms with Crippen LogP contribution in [0.4, 0.5) is 10.1 Å². The molecule has 5 nitrogen and oxygen atoms in total. The zero-order chi connectivity index (χ0) is 17.3. The number of rotatable bonds is 4. The Morgan fingerprint density at radius 1 is 1.38 bits per heavy atom. The summed E-state index contributed by atoms with van der Waals surface area (Å²) in [6.07, 6.45) is -0.820. The van der Waals surface area contributed by atoms with Gasteiger partial charge >= 0.3 is 0 Å². The Bertz CT molecular complexity index is 908. The van der Waals surface area contributed by atoms with Gasteiger partial charge in [-0.05, 0) is 37.3 Å². The molecule has 24 heavy (non-hydrogen) atoms. The van der Waals surface area contributed by atoms with Crippen LogP contribution >= 0.6 is 11.6 Å². The van der Waals surface area contributed by atoms with Crippen LogP contribution in [-0.2, 0) is 11.3 Å². The number of anilines is 1. The van der Waals surface area contributed by atoms with Gasteiger partial charge in [0, 0.05) is 0 Å². The van der Waals surface area contributed by atoms with Gasteiger partial charge in [0.25, 0.3) is 0 Å². The number of nitrogens with zero attached hydrogens (tertiary/aromatic N) is 2. The van der Waals surface area contributed by atoms with Gasteiger partial charge in [-0.2, -0.15) is 0 Å². The van der Waals surface area contributed by atoms with E-state index in [2.05, 4.69) is 10.3 Å². The molecule has 2 N–H and O–H groups in total. The van der Waals surface area contributed by atoms with Gasteiger partial charge < -0.3 is 15.0 Å². The summed E-state index contributed by atoms with van der Waals surface area (Å²) in [6.45, 7) is 1.54. The molecule has 0 fully saturated rings. The fraction of sp³-hybridized carbons (Fsp3) is 0.176. The quantitative estimate of drug-likeness (QED) is 0.758. The van der Waals surface area contributed by atoms with Crippen molar-refractivity contribution in [1.82, 2.24) is 9.55 Å². The molecular formula is C17H15ClFN3O2. The lowest BCUT2D eigenvalue weighted by atomic mass is 10.3. The van der Waals surface area contributed by atoms with Crippen molar-refractivity contribution in [3.63, 3.8) is 0 Å². The van der Waals surface area contributed by atoms with Gasteiger partial charge in [0.1, 0.15) is 24.3 Å². The largest absolute Gasteiger partial charge is 0.385 e. The van der Waals surface area contributed by atoms with Crippen LogP contribution in [0.2, 0.25) is 5.02 Å². The smallest absolute Gasteiger partial charge is 0.244 e. The Kier molecular flexibility index (Phi) is 4.51. The summed E-state index contributed by atoms with van der Waals surface area (Å²) in [5, 5.41) is 12.7. The lowest BCUT2D eigenvalue weighted by Crippen LogP contribution is -2.21. The molecular weight excluding hydrogens is 333 g/mol. The minimum absolute atomic E-state index is 0.0472. The number of halogens is 2. The third-order valence-electron chi connectivity index (χ3n) is 3.56. The maximum Gasteiger partial charge on any atom is 0.244 e. The highest BCUT2D eigenvalue weighted by atomic mass is 35.5. The van der Waals surface area contributed by atoms with Gasteiger partial charge in [-0.3, -0.25) is 4.79 Å². The molecule has 1 amide bonds. The van der Waals surface area contributed by atoms with E-state index in [1.54, 1.807) is 11.5 Å². The first-order chi connectivity index (χ1) is 11.5. The topological polar surface area (TPSA) is 67.2 Å². The van der Waals surface area contributed by atoms with E-state index in [4.69, 9.17) is 11.6 Å². The van der Waals surface area contributed by atoms with Crippen LogP contribution in [0, 0.1) is 5.82 Å². The maximum atomic E-state index is 13.1. The van der Waals surface area contributed by atoms with Crippen molar-refractivity contribution in [1.29, 1.82) is 0 Å². The van der Waals surface area contributed by atoms with E-state index in [1.807, 2.05) is 24.3 Å². The molecule has 0 aliphatic carbocycles. The standard InChI is InChI=1S/C17H15ClFN3O2/c1-10(23)17-21-14-4-2-3-5-15(14)22(17)9-16(24)20-13-7-6-11(19)8-12(13)18/h2-8,10,23H,9H2,1H3,(H,20,24)/t10-/m0/s1. The summed E-state index contributed by atoms with van der Waals surface area (Å²) in [5.41, 5.74) is 1.76. The third-order valence-corrected chi connectivity index (χ3v) is 3.88. The molecule has 0 bridgehead atoms. The molecule has 7 heteroatoms. The maximum absolute atomic E-state index is 13.1. The van der Waals surface area contributed by atoms with E-state index in [1.165, 1.54) is 12.1 Å². The van der Waals surface area contributed by atoms with Crippen LogP contribution < -0.4 is 5.32 Å². The SMILES string of the molecule is C[C@H](O)c1nc2ccccc2n1CC(=O)Nc1ccc(F)cc1Cl. The van der Waals surface area contributed by atoms with Gasteiger partial charge in [0.2, 0.25) is 5.91 Å². The summed E-state index contributed by atoms with van der Waals surface area (Å²) in [6, 6.07) is 11.1. The fourth-order valence-electron chi connectivity index (χ4n) is 2.50. The van der Waals surface area contributed by atoms with Gasteiger partial charge in [-0.25, -0.2) is 9.37 Å². The minimum Gasteiger partial charge on any atom is -0.385 e. The van der Waals surface area contributed by atoms with Crippen molar-refractivity contribution in [2.75, 3.05) is 5.32 Å². The van der Waals surface area contributed by atoms with Crippen LogP contribution in [0.3, 0.4) is 0 Å². The summed E-state index contributed by atoms with van der Waals surface area (Å²) in [5.74, 6) is -0.430. The van der Waals surface area contributed by atoms with Crippen molar-refractivity contribution in [3.8, 4) is 0 Å². The van der Waals surface area contributed by atoms with Crippen molar-refractivity contribution in [2.45, 2.75) is 19.6 Å². The predicted octanol–water partition coefficient (Wildman–Crippen LogP) is 3.52. The van der Waals surface area contributed by atoms with Gasteiger partial charge in [-0.1, -0.05) is 23.7 Å². The number of aliphatic hydroxyl groups is 1. The number of hydrogen-bond acceptors (Lipinski definition) is 3. The molecule has 0 saturated heterocycles. The van der Waals surface area contributed by atoms with Crippen molar-refractivity contribution in [2.24, 2.45) is 0 Å². The zero-order valence-corrected chi connectivity index (χ0v) is 13.6. The van der Waals surface area contributed by atoms with E-state index in [-0.39, 0.29) is 17.5 Å². The van der Waals surface area contributed by atoms with E-state index in [0.717, 1.165) is 11.6 Å². The lowest BCUT2D eigenvalue weighted by molar-refractivity contribution is -0.116. The highest BCUT2D eigenvalue weighted by Gasteiger charge is 2.17. The number of aliphatic hydroxyl groups excluding tert-OH is 1. The number of amides is 1. The van der Waals surface area contributed by atoms with Crippen molar-refractivity contribution < 1.29 is 14.3 Å². The monoisotopic (exact) mass is 347 g/mol. The second-order valence-electron chi connectivity index (χ2n) is 5.39. The fourth-order valence-corrected chi connectivity index (χ4v) is 2.72. The summed E-state index contributed by atoms with van der Waals surface area (Å²) in [4.78, 5) is 16.7. The summed E-state index contributed by atoms with van der Waals surface area (Å²) >= 11 is 5.92.